The minimum atomic E-state index is 0.587. The Hall–Kier alpha value is -2.24. The average molecular weight is 354 g/mol. The fourth-order valence-electron chi connectivity index (χ4n) is 2.24. The highest BCUT2D eigenvalue weighted by atomic mass is 32.1. The molecule has 24 heavy (non-hydrogen) atoms. The molecule has 0 aliphatic carbocycles. The van der Waals surface area contributed by atoms with E-state index in [9.17, 15) is 0 Å². The second-order valence-corrected chi connectivity index (χ2v) is 7.16. The zero-order valence-electron chi connectivity index (χ0n) is 13.8. The molecule has 1 aromatic carbocycles. The Bertz CT molecular complexity index is 910. The molecule has 0 saturated carbocycles. The first kappa shape index (κ1) is 16.6. The zero-order valence-corrected chi connectivity index (χ0v) is 15.4. The van der Waals surface area contributed by atoms with Crippen LogP contribution in [0.5, 0.6) is 0 Å². The Balaban J connectivity index is 2.10. The van der Waals surface area contributed by atoms with E-state index in [4.69, 9.17) is 5.10 Å². The SMILES string of the molecule is C=CCN=c1scc(-c2cccs2)n1N=C(C)c1ccc(C)cc1. The van der Waals surface area contributed by atoms with Gasteiger partial charge in [-0.05, 0) is 30.9 Å². The second kappa shape index (κ2) is 7.55. The van der Waals surface area contributed by atoms with Crippen LogP contribution in [0.1, 0.15) is 18.1 Å². The first-order chi connectivity index (χ1) is 11.7. The molecule has 0 spiro atoms. The fraction of sp³-hybridized carbons (Fsp3) is 0.158. The molecule has 0 unspecified atom stereocenters. The zero-order chi connectivity index (χ0) is 16.9. The number of nitrogens with zero attached hydrogens (tertiary/aromatic N) is 3. The van der Waals surface area contributed by atoms with E-state index in [1.165, 1.54) is 10.4 Å². The van der Waals surface area contributed by atoms with Gasteiger partial charge in [-0.15, -0.1) is 29.3 Å². The topological polar surface area (TPSA) is 29.6 Å². The maximum atomic E-state index is 4.85. The lowest BCUT2D eigenvalue weighted by Gasteiger charge is -2.05. The summed E-state index contributed by atoms with van der Waals surface area (Å²) in [6, 6.07) is 12.6. The highest BCUT2D eigenvalue weighted by molar-refractivity contribution is 7.14. The first-order valence-electron chi connectivity index (χ1n) is 7.67. The van der Waals surface area contributed by atoms with Gasteiger partial charge in [-0.1, -0.05) is 42.0 Å². The van der Waals surface area contributed by atoms with Crippen molar-refractivity contribution in [1.82, 2.24) is 4.68 Å². The van der Waals surface area contributed by atoms with Gasteiger partial charge in [-0.25, -0.2) is 4.68 Å². The van der Waals surface area contributed by atoms with Crippen molar-refractivity contribution in [3.8, 4) is 10.6 Å². The van der Waals surface area contributed by atoms with Crippen molar-refractivity contribution in [1.29, 1.82) is 0 Å². The molecule has 0 N–H and O–H groups in total. The van der Waals surface area contributed by atoms with Gasteiger partial charge in [0.05, 0.1) is 22.8 Å². The summed E-state index contributed by atoms with van der Waals surface area (Å²) >= 11 is 3.31. The standard InChI is InChI=1S/C19H19N3S2/c1-4-11-20-19-22(17(13-24-19)18-6-5-12-23-18)21-15(3)16-9-7-14(2)8-10-16/h4-10,12-13H,1,11H2,2-3H3. The molecule has 0 saturated heterocycles. The van der Waals surface area contributed by atoms with Crippen LogP contribution in [0.25, 0.3) is 10.6 Å². The van der Waals surface area contributed by atoms with E-state index in [1.54, 1.807) is 28.7 Å². The molecular weight excluding hydrogens is 334 g/mol. The van der Waals surface area contributed by atoms with Gasteiger partial charge < -0.3 is 0 Å². The molecule has 0 amide bonds. The van der Waals surface area contributed by atoms with Gasteiger partial charge >= 0.3 is 0 Å². The van der Waals surface area contributed by atoms with Crippen LogP contribution < -0.4 is 4.80 Å². The number of benzene rings is 1. The van der Waals surface area contributed by atoms with E-state index in [1.807, 2.05) is 11.6 Å². The number of thiazole rings is 1. The molecule has 3 aromatic rings. The summed E-state index contributed by atoms with van der Waals surface area (Å²) in [5.74, 6) is 0. The monoisotopic (exact) mass is 353 g/mol. The van der Waals surface area contributed by atoms with E-state index in [0.717, 1.165) is 21.8 Å². The molecular formula is C19H19N3S2. The predicted octanol–water partition coefficient (Wildman–Crippen LogP) is 4.95. The van der Waals surface area contributed by atoms with E-state index in [0.29, 0.717) is 6.54 Å². The second-order valence-electron chi connectivity index (χ2n) is 5.37. The molecule has 0 aliphatic heterocycles. The Labute approximate surface area is 150 Å². The average Bonchev–Trinajstić information content (AvgIpc) is 3.23. The highest BCUT2D eigenvalue weighted by Crippen LogP contribution is 2.25. The van der Waals surface area contributed by atoms with Crippen molar-refractivity contribution in [2.45, 2.75) is 13.8 Å². The van der Waals surface area contributed by atoms with Crippen molar-refractivity contribution in [2.24, 2.45) is 10.1 Å². The third kappa shape index (κ3) is 3.63. The molecule has 122 valence electrons. The summed E-state index contributed by atoms with van der Waals surface area (Å²) in [6.45, 7) is 8.45. The van der Waals surface area contributed by atoms with Crippen LogP contribution in [-0.2, 0) is 0 Å². The fourth-order valence-corrected chi connectivity index (χ4v) is 3.88. The largest absolute Gasteiger partial charge is 0.253 e. The Kier molecular flexibility index (Phi) is 5.23. The van der Waals surface area contributed by atoms with Crippen molar-refractivity contribution in [3.05, 3.63) is 75.7 Å². The Morgan fingerprint density at radius 1 is 1.21 bits per heavy atom. The van der Waals surface area contributed by atoms with E-state index in [-0.39, 0.29) is 0 Å². The predicted molar refractivity (Wildman–Crippen MR) is 105 cm³/mol. The van der Waals surface area contributed by atoms with Crippen LogP contribution in [0.3, 0.4) is 0 Å². The molecule has 0 radical (unpaired) electrons. The van der Waals surface area contributed by atoms with E-state index < -0.39 is 0 Å². The van der Waals surface area contributed by atoms with Crippen LogP contribution in [0.2, 0.25) is 0 Å². The number of aromatic nitrogens is 1. The van der Waals surface area contributed by atoms with Crippen molar-refractivity contribution in [3.63, 3.8) is 0 Å². The molecule has 3 rings (SSSR count). The smallest absolute Gasteiger partial charge is 0.206 e. The minimum Gasteiger partial charge on any atom is -0.253 e. The van der Waals surface area contributed by atoms with Gasteiger partial charge in [0.1, 0.15) is 0 Å². The number of rotatable bonds is 5. The van der Waals surface area contributed by atoms with Crippen molar-refractivity contribution < 1.29 is 0 Å². The third-order valence-corrected chi connectivity index (χ3v) is 5.28. The molecule has 0 aliphatic rings. The number of hydrogen-bond acceptors (Lipinski definition) is 4. The number of thiophene rings is 1. The summed E-state index contributed by atoms with van der Waals surface area (Å²) in [4.78, 5) is 6.64. The van der Waals surface area contributed by atoms with Crippen LogP contribution in [0, 0.1) is 6.92 Å². The molecule has 0 bridgehead atoms. The molecule has 5 heteroatoms. The number of hydrogen-bond donors (Lipinski definition) is 0. The molecule has 3 nitrogen and oxygen atoms in total. The van der Waals surface area contributed by atoms with Crippen molar-refractivity contribution >= 4 is 28.4 Å². The van der Waals surface area contributed by atoms with Gasteiger partial charge in [0.15, 0.2) is 0 Å². The van der Waals surface area contributed by atoms with Gasteiger partial charge in [-0.3, -0.25) is 4.99 Å². The lowest BCUT2D eigenvalue weighted by Crippen LogP contribution is -2.14. The van der Waals surface area contributed by atoms with Gasteiger partial charge in [0, 0.05) is 5.38 Å². The highest BCUT2D eigenvalue weighted by Gasteiger charge is 2.09. The van der Waals surface area contributed by atoms with Gasteiger partial charge in [0.25, 0.3) is 0 Å². The first-order valence-corrected chi connectivity index (χ1v) is 9.43. The lowest BCUT2D eigenvalue weighted by atomic mass is 10.1. The summed E-state index contributed by atoms with van der Waals surface area (Å²) < 4.78 is 1.94. The minimum absolute atomic E-state index is 0.587. The maximum Gasteiger partial charge on any atom is 0.206 e. The summed E-state index contributed by atoms with van der Waals surface area (Å²) in [7, 11) is 0. The molecule has 0 fully saturated rings. The summed E-state index contributed by atoms with van der Waals surface area (Å²) in [5.41, 5.74) is 4.40. The van der Waals surface area contributed by atoms with Crippen LogP contribution in [0.15, 0.2) is 69.9 Å². The Morgan fingerprint density at radius 2 is 2.00 bits per heavy atom. The van der Waals surface area contributed by atoms with Crippen LogP contribution in [-0.4, -0.2) is 16.9 Å². The van der Waals surface area contributed by atoms with Crippen LogP contribution >= 0.6 is 22.7 Å². The normalized spacial score (nSPS) is 12.6. The van der Waals surface area contributed by atoms with Crippen molar-refractivity contribution in [2.75, 3.05) is 6.54 Å². The summed E-state index contributed by atoms with van der Waals surface area (Å²) in [5, 5.41) is 9.04. The van der Waals surface area contributed by atoms with E-state index in [2.05, 4.69) is 65.7 Å². The van der Waals surface area contributed by atoms with E-state index >= 15 is 0 Å². The number of aryl methyl sites for hydroxylation is 1. The van der Waals surface area contributed by atoms with Crippen LogP contribution in [0.4, 0.5) is 0 Å². The Morgan fingerprint density at radius 3 is 2.67 bits per heavy atom. The third-order valence-electron chi connectivity index (χ3n) is 3.53. The molecule has 2 aromatic heterocycles. The molecule has 0 atom stereocenters. The summed E-state index contributed by atoms with van der Waals surface area (Å²) in [6.07, 6.45) is 1.80. The van der Waals surface area contributed by atoms with Gasteiger partial charge in [-0.2, -0.15) is 5.10 Å². The lowest BCUT2D eigenvalue weighted by molar-refractivity contribution is 0.836. The molecule has 2 heterocycles. The maximum absolute atomic E-state index is 4.85. The van der Waals surface area contributed by atoms with Gasteiger partial charge in [0.2, 0.25) is 4.80 Å². The quantitative estimate of drug-likeness (QED) is 0.459.